The normalized spacial score (nSPS) is 10.1. The van der Waals surface area contributed by atoms with Gasteiger partial charge in [-0.3, -0.25) is 4.79 Å². The van der Waals surface area contributed by atoms with Crippen LogP contribution in [0.3, 0.4) is 0 Å². The van der Waals surface area contributed by atoms with Crippen LogP contribution >= 0.6 is 0 Å². The first-order valence-electron chi connectivity index (χ1n) is 4.16. The van der Waals surface area contributed by atoms with Crippen LogP contribution in [-0.4, -0.2) is 55.6 Å². The molecule has 0 atom stereocenters. The molecule has 0 aromatic carbocycles. The van der Waals surface area contributed by atoms with Crippen molar-refractivity contribution in [2.75, 3.05) is 34.2 Å². The van der Waals surface area contributed by atoms with Crippen LogP contribution in [0.2, 0.25) is 0 Å². The van der Waals surface area contributed by atoms with E-state index in [1.54, 1.807) is 0 Å². The molecule has 0 bridgehead atoms. The maximum Gasteiger partial charge on any atom is 0.243 e. The Labute approximate surface area is 85.4 Å². The van der Waals surface area contributed by atoms with Gasteiger partial charge in [-0.2, -0.15) is 0 Å². The summed E-state index contributed by atoms with van der Waals surface area (Å²) < 4.78 is 0.934. The summed E-state index contributed by atoms with van der Waals surface area (Å²) in [6.07, 6.45) is 2.30. The van der Waals surface area contributed by atoms with Gasteiger partial charge in [0.15, 0.2) is 0 Å². The molecule has 0 saturated heterocycles. The van der Waals surface area contributed by atoms with Crippen LogP contribution in [-0.2, 0) is 4.79 Å². The quantitative estimate of drug-likeness (QED) is 0.262. The second kappa shape index (κ2) is 6.86. The lowest BCUT2D eigenvalue weighted by Crippen LogP contribution is -2.37. The molecule has 0 aliphatic rings. The van der Waals surface area contributed by atoms with Crippen molar-refractivity contribution in [2.45, 2.75) is 6.42 Å². The summed E-state index contributed by atoms with van der Waals surface area (Å²) in [7, 11) is 6.40. The zero-order valence-electron chi connectivity index (χ0n) is 8.26. The van der Waals surface area contributed by atoms with Gasteiger partial charge >= 0.3 is 0 Å². The summed E-state index contributed by atoms with van der Waals surface area (Å²) in [6, 6.07) is 0. The summed E-state index contributed by atoms with van der Waals surface area (Å²) in [5.41, 5.74) is 0. The highest BCUT2D eigenvalue weighted by Gasteiger charge is 2.05. The molecule has 13 heavy (non-hydrogen) atoms. The molecule has 78 valence electrons. The van der Waals surface area contributed by atoms with E-state index in [0.717, 1.165) is 24.0 Å². The van der Waals surface area contributed by atoms with Crippen LogP contribution in [0.25, 0.3) is 0 Å². The van der Waals surface area contributed by atoms with Crippen LogP contribution < -0.4 is 5.32 Å². The lowest BCUT2D eigenvalue weighted by Gasteiger charge is -2.23. The fourth-order valence-electron chi connectivity index (χ4n) is 0.837. The van der Waals surface area contributed by atoms with Gasteiger partial charge in [-0.25, -0.2) is 0 Å². The summed E-state index contributed by atoms with van der Waals surface area (Å²) in [5, 5.41) is 2.74. The lowest BCUT2D eigenvalue weighted by molar-refractivity contribution is -0.870. The lowest BCUT2D eigenvalue weighted by atomic mass is 10.3. The highest BCUT2D eigenvalue weighted by atomic mass is 28.1. The highest BCUT2D eigenvalue weighted by Crippen LogP contribution is 1.91. The number of carbonyl (C=O) groups is 1. The smallest absolute Gasteiger partial charge is 0.243 e. The van der Waals surface area contributed by atoms with Crippen LogP contribution in [0.5, 0.6) is 0 Å². The molecule has 0 unspecified atom stereocenters. The monoisotopic (exact) mass is 203 g/mol. The molecule has 0 rings (SSSR count). The molecule has 0 radical (unpaired) electrons. The Morgan fingerprint density at radius 2 is 2.00 bits per heavy atom. The predicted molar refractivity (Wildman–Crippen MR) is 62.1 cm³/mol. The van der Waals surface area contributed by atoms with E-state index in [1.165, 1.54) is 6.08 Å². The average molecular weight is 203 g/mol. The maximum atomic E-state index is 10.7. The number of amides is 1. The number of nitrogens with zero attached hydrogens (tertiary/aromatic N) is 1. The van der Waals surface area contributed by atoms with Gasteiger partial charge in [0.1, 0.15) is 0 Å². The minimum absolute atomic E-state index is 0. The third-order valence-corrected chi connectivity index (χ3v) is 1.49. The Morgan fingerprint density at radius 1 is 1.46 bits per heavy atom. The molecule has 1 N–H and O–H groups in total. The Bertz CT molecular complexity index is 163. The van der Waals surface area contributed by atoms with Gasteiger partial charge in [0, 0.05) is 13.0 Å². The van der Waals surface area contributed by atoms with E-state index in [1.807, 2.05) is 0 Å². The molecule has 0 aromatic heterocycles. The SMILES string of the molecule is C=CC(=O)NCCC[N+](C)(C)C.[SiH4]. The van der Waals surface area contributed by atoms with Crippen molar-refractivity contribution < 1.29 is 9.28 Å². The van der Waals surface area contributed by atoms with Gasteiger partial charge in [0.05, 0.1) is 27.7 Å². The summed E-state index contributed by atoms with van der Waals surface area (Å²) in [5.74, 6) is -0.0867. The van der Waals surface area contributed by atoms with Crippen LogP contribution in [0.1, 0.15) is 6.42 Å². The molecule has 0 spiro atoms. The molecule has 1 amide bonds. The molecular formula is C9H23N2OSi+. The average Bonchev–Trinajstić information content (AvgIpc) is 1.96. The third-order valence-electron chi connectivity index (χ3n) is 1.49. The molecule has 0 aromatic rings. The van der Waals surface area contributed by atoms with Crippen molar-refractivity contribution in [2.24, 2.45) is 0 Å². The van der Waals surface area contributed by atoms with Crippen molar-refractivity contribution in [3.05, 3.63) is 12.7 Å². The first kappa shape index (κ1) is 14.9. The predicted octanol–water partition coefficient (Wildman–Crippen LogP) is -1.07. The Hall–Kier alpha value is -0.613. The van der Waals surface area contributed by atoms with Crippen molar-refractivity contribution in [3.8, 4) is 0 Å². The number of quaternary nitrogens is 1. The van der Waals surface area contributed by atoms with E-state index in [2.05, 4.69) is 33.0 Å². The first-order chi connectivity index (χ1) is 5.45. The van der Waals surface area contributed by atoms with Gasteiger partial charge in [-0.05, 0) is 17.0 Å². The van der Waals surface area contributed by atoms with Gasteiger partial charge in [0.25, 0.3) is 0 Å². The van der Waals surface area contributed by atoms with Crippen molar-refractivity contribution >= 4 is 16.9 Å². The highest BCUT2D eigenvalue weighted by molar-refractivity contribution is 5.86. The van der Waals surface area contributed by atoms with Gasteiger partial charge in [-0.15, -0.1) is 0 Å². The fraction of sp³-hybridized carbons (Fsp3) is 0.667. The van der Waals surface area contributed by atoms with Crippen LogP contribution in [0, 0.1) is 0 Å². The van der Waals surface area contributed by atoms with E-state index >= 15 is 0 Å². The maximum absolute atomic E-state index is 10.7. The van der Waals surface area contributed by atoms with Crippen molar-refractivity contribution in [1.29, 1.82) is 0 Å². The number of carbonyl (C=O) groups excluding carboxylic acids is 1. The Morgan fingerprint density at radius 3 is 2.38 bits per heavy atom. The zero-order chi connectivity index (χ0) is 9.61. The van der Waals surface area contributed by atoms with E-state index < -0.39 is 0 Å². The summed E-state index contributed by atoms with van der Waals surface area (Å²) >= 11 is 0. The van der Waals surface area contributed by atoms with E-state index in [0.29, 0.717) is 0 Å². The summed E-state index contributed by atoms with van der Waals surface area (Å²) in [4.78, 5) is 10.7. The molecule has 0 fully saturated rings. The molecule has 0 aliphatic heterocycles. The van der Waals surface area contributed by atoms with Gasteiger partial charge in [0.2, 0.25) is 5.91 Å². The van der Waals surface area contributed by atoms with Crippen LogP contribution in [0.4, 0.5) is 0 Å². The molecule has 0 saturated carbocycles. The van der Waals surface area contributed by atoms with E-state index in [9.17, 15) is 4.79 Å². The third kappa shape index (κ3) is 11.4. The Balaban J connectivity index is 0. The molecule has 3 nitrogen and oxygen atoms in total. The molecule has 0 aliphatic carbocycles. The second-order valence-electron chi connectivity index (χ2n) is 3.86. The van der Waals surface area contributed by atoms with E-state index in [4.69, 9.17) is 0 Å². The standard InChI is InChI=1S/C9H18N2O.H4Si/c1-5-9(12)10-7-6-8-11(2,3)4;/h5H,1,6-8H2,2-4H3;1H4/p+1. The molecular weight excluding hydrogens is 180 g/mol. The number of nitrogens with one attached hydrogen (secondary N) is 1. The zero-order valence-corrected chi connectivity index (χ0v) is 8.26. The van der Waals surface area contributed by atoms with Gasteiger partial charge in [-0.1, -0.05) is 6.58 Å². The minimum Gasteiger partial charge on any atom is -0.352 e. The van der Waals surface area contributed by atoms with E-state index in [-0.39, 0.29) is 16.9 Å². The largest absolute Gasteiger partial charge is 0.352 e. The van der Waals surface area contributed by atoms with Crippen molar-refractivity contribution in [1.82, 2.24) is 5.32 Å². The number of hydrogen-bond acceptors (Lipinski definition) is 1. The molecule has 0 heterocycles. The van der Waals surface area contributed by atoms with Crippen molar-refractivity contribution in [3.63, 3.8) is 0 Å². The number of hydrogen-bond donors (Lipinski definition) is 1. The van der Waals surface area contributed by atoms with Crippen LogP contribution in [0.15, 0.2) is 12.7 Å². The summed E-state index contributed by atoms with van der Waals surface area (Å²) in [6.45, 7) is 5.18. The first-order valence-corrected chi connectivity index (χ1v) is 4.16. The number of rotatable bonds is 5. The topological polar surface area (TPSA) is 29.1 Å². The van der Waals surface area contributed by atoms with Gasteiger partial charge < -0.3 is 9.80 Å². The second-order valence-corrected chi connectivity index (χ2v) is 3.86. The Kier molecular flexibility index (Phi) is 7.85. The molecule has 4 heteroatoms. The fourth-order valence-corrected chi connectivity index (χ4v) is 0.837. The minimum atomic E-state index is -0.0867.